The summed E-state index contributed by atoms with van der Waals surface area (Å²) in [6.07, 6.45) is 0. The molecule has 0 saturated carbocycles. The zero-order valence-corrected chi connectivity index (χ0v) is 12.0. The van der Waals surface area contributed by atoms with Gasteiger partial charge in [0.05, 0.1) is 16.8 Å². The van der Waals surface area contributed by atoms with Crippen molar-refractivity contribution in [2.75, 3.05) is 20.2 Å². The second-order valence-corrected chi connectivity index (χ2v) is 5.11. The number of likely N-dealkylation sites (N-methyl/N-ethyl adjacent to an activating group) is 1. The van der Waals surface area contributed by atoms with E-state index in [4.69, 9.17) is 9.84 Å². The SMILES string of the molecule is CN(CCOc1ccc(C(=O)O)cc1)Cc1cscn1. The molecule has 0 fully saturated rings. The molecule has 0 amide bonds. The van der Waals surface area contributed by atoms with E-state index in [1.54, 1.807) is 23.5 Å². The van der Waals surface area contributed by atoms with E-state index in [1.807, 2.05) is 17.9 Å². The van der Waals surface area contributed by atoms with E-state index in [0.29, 0.717) is 12.4 Å². The van der Waals surface area contributed by atoms with E-state index in [9.17, 15) is 4.79 Å². The first kappa shape index (κ1) is 14.5. The average Bonchev–Trinajstić information content (AvgIpc) is 2.92. The fourth-order valence-electron chi connectivity index (χ4n) is 1.68. The van der Waals surface area contributed by atoms with Crippen molar-refractivity contribution in [3.8, 4) is 5.75 Å². The Balaban J connectivity index is 1.73. The van der Waals surface area contributed by atoms with Crippen LogP contribution in [0.15, 0.2) is 35.2 Å². The van der Waals surface area contributed by atoms with Crippen LogP contribution in [0.5, 0.6) is 5.75 Å². The molecule has 2 rings (SSSR count). The number of benzene rings is 1. The standard InChI is InChI=1S/C14H16N2O3S/c1-16(8-12-9-20-10-15-12)6-7-19-13-4-2-11(3-5-13)14(17)18/h2-5,9-10H,6-8H2,1H3,(H,17,18). The van der Waals surface area contributed by atoms with E-state index in [-0.39, 0.29) is 5.56 Å². The topological polar surface area (TPSA) is 62.7 Å². The predicted molar refractivity (Wildman–Crippen MR) is 77.3 cm³/mol. The first-order valence-corrected chi connectivity index (χ1v) is 7.11. The maximum atomic E-state index is 10.7. The third-order valence-electron chi connectivity index (χ3n) is 2.76. The largest absolute Gasteiger partial charge is 0.492 e. The van der Waals surface area contributed by atoms with E-state index in [0.717, 1.165) is 18.8 Å². The molecule has 0 bridgehead atoms. The molecule has 2 aromatic rings. The van der Waals surface area contributed by atoms with Crippen LogP contribution < -0.4 is 4.74 Å². The van der Waals surface area contributed by atoms with Crippen molar-refractivity contribution < 1.29 is 14.6 Å². The first-order valence-electron chi connectivity index (χ1n) is 6.17. The lowest BCUT2D eigenvalue weighted by Gasteiger charge is -2.15. The number of ether oxygens (including phenoxy) is 1. The summed E-state index contributed by atoms with van der Waals surface area (Å²) in [7, 11) is 2.01. The molecule has 106 valence electrons. The van der Waals surface area contributed by atoms with Crippen molar-refractivity contribution in [1.82, 2.24) is 9.88 Å². The van der Waals surface area contributed by atoms with Crippen LogP contribution in [0, 0.1) is 0 Å². The van der Waals surface area contributed by atoms with Gasteiger partial charge in [0.1, 0.15) is 12.4 Å². The smallest absolute Gasteiger partial charge is 0.335 e. The Morgan fingerprint density at radius 1 is 1.40 bits per heavy atom. The fraction of sp³-hybridized carbons (Fsp3) is 0.286. The van der Waals surface area contributed by atoms with Crippen LogP contribution in [-0.4, -0.2) is 41.2 Å². The third-order valence-corrected chi connectivity index (χ3v) is 3.39. The number of aromatic nitrogens is 1. The van der Waals surface area contributed by atoms with Gasteiger partial charge in [-0.15, -0.1) is 11.3 Å². The Bertz CT molecular complexity index is 540. The highest BCUT2D eigenvalue weighted by molar-refractivity contribution is 7.07. The van der Waals surface area contributed by atoms with Gasteiger partial charge in [0.15, 0.2) is 0 Å². The van der Waals surface area contributed by atoms with Crippen molar-refractivity contribution >= 4 is 17.3 Å². The number of carboxylic acid groups (broad SMARTS) is 1. The molecule has 1 heterocycles. The minimum Gasteiger partial charge on any atom is -0.492 e. The van der Waals surface area contributed by atoms with Gasteiger partial charge < -0.3 is 9.84 Å². The third kappa shape index (κ3) is 4.32. The van der Waals surface area contributed by atoms with Crippen molar-refractivity contribution in [2.45, 2.75) is 6.54 Å². The van der Waals surface area contributed by atoms with Gasteiger partial charge in [0, 0.05) is 18.5 Å². The van der Waals surface area contributed by atoms with E-state index < -0.39 is 5.97 Å². The van der Waals surface area contributed by atoms with Crippen LogP contribution in [-0.2, 0) is 6.54 Å². The second kappa shape index (κ2) is 7.02. The molecule has 0 aliphatic rings. The van der Waals surface area contributed by atoms with Crippen LogP contribution in [0.3, 0.4) is 0 Å². The summed E-state index contributed by atoms with van der Waals surface area (Å²) < 4.78 is 5.58. The summed E-state index contributed by atoms with van der Waals surface area (Å²) in [5, 5.41) is 10.8. The minimum absolute atomic E-state index is 0.262. The number of nitrogens with zero attached hydrogens (tertiary/aromatic N) is 2. The molecule has 0 saturated heterocycles. The number of thiazole rings is 1. The Labute approximate surface area is 121 Å². The number of aromatic carboxylic acids is 1. The molecule has 6 heteroatoms. The molecule has 0 spiro atoms. The Morgan fingerprint density at radius 2 is 2.15 bits per heavy atom. The number of carboxylic acids is 1. The lowest BCUT2D eigenvalue weighted by molar-refractivity contribution is 0.0697. The van der Waals surface area contributed by atoms with Gasteiger partial charge in [0.2, 0.25) is 0 Å². The summed E-state index contributed by atoms with van der Waals surface area (Å²) in [6.45, 7) is 2.12. The van der Waals surface area contributed by atoms with E-state index in [1.165, 1.54) is 12.1 Å². The summed E-state index contributed by atoms with van der Waals surface area (Å²) >= 11 is 1.59. The number of hydrogen-bond donors (Lipinski definition) is 1. The van der Waals surface area contributed by atoms with Gasteiger partial charge in [-0.2, -0.15) is 0 Å². The summed E-state index contributed by atoms with van der Waals surface area (Å²) in [4.78, 5) is 17.1. The van der Waals surface area contributed by atoms with Crippen molar-refractivity contribution in [3.63, 3.8) is 0 Å². The summed E-state index contributed by atoms with van der Waals surface area (Å²) in [5.41, 5.74) is 3.14. The number of hydrogen-bond acceptors (Lipinski definition) is 5. The monoisotopic (exact) mass is 292 g/mol. The van der Waals surface area contributed by atoms with Crippen LogP contribution >= 0.6 is 11.3 Å². The Hall–Kier alpha value is -1.92. The van der Waals surface area contributed by atoms with Gasteiger partial charge in [-0.3, -0.25) is 4.90 Å². The quantitative estimate of drug-likeness (QED) is 0.848. The second-order valence-electron chi connectivity index (χ2n) is 4.40. The first-order chi connectivity index (χ1) is 9.65. The molecule has 0 atom stereocenters. The zero-order valence-electron chi connectivity index (χ0n) is 11.2. The molecular weight excluding hydrogens is 276 g/mol. The van der Waals surface area contributed by atoms with Gasteiger partial charge in [-0.05, 0) is 31.3 Å². The average molecular weight is 292 g/mol. The maximum absolute atomic E-state index is 10.7. The Morgan fingerprint density at radius 3 is 2.75 bits per heavy atom. The molecule has 0 unspecified atom stereocenters. The highest BCUT2D eigenvalue weighted by Gasteiger charge is 2.04. The van der Waals surface area contributed by atoms with Crippen molar-refractivity contribution in [1.29, 1.82) is 0 Å². The molecule has 0 aliphatic heterocycles. The molecule has 0 radical (unpaired) electrons. The van der Waals surface area contributed by atoms with E-state index >= 15 is 0 Å². The molecule has 1 aromatic carbocycles. The van der Waals surface area contributed by atoms with Gasteiger partial charge in [-0.1, -0.05) is 0 Å². The zero-order chi connectivity index (χ0) is 14.4. The van der Waals surface area contributed by atoms with Crippen LogP contribution in [0.2, 0.25) is 0 Å². The molecule has 1 aromatic heterocycles. The molecule has 5 nitrogen and oxygen atoms in total. The lowest BCUT2D eigenvalue weighted by Crippen LogP contribution is -2.24. The normalized spacial score (nSPS) is 10.7. The van der Waals surface area contributed by atoms with Gasteiger partial charge in [-0.25, -0.2) is 9.78 Å². The maximum Gasteiger partial charge on any atom is 0.335 e. The van der Waals surface area contributed by atoms with Gasteiger partial charge >= 0.3 is 5.97 Å². The molecule has 0 aliphatic carbocycles. The highest BCUT2D eigenvalue weighted by atomic mass is 32.1. The molecule has 1 N–H and O–H groups in total. The summed E-state index contributed by atoms with van der Waals surface area (Å²) in [6, 6.07) is 6.42. The minimum atomic E-state index is -0.931. The van der Waals surface area contributed by atoms with Crippen molar-refractivity contribution in [2.24, 2.45) is 0 Å². The van der Waals surface area contributed by atoms with E-state index in [2.05, 4.69) is 9.88 Å². The van der Waals surface area contributed by atoms with Gasteiger partial charge in [0.25, 0.3) is 0 Å². The lowest BCUT2D eigenvalue weighted by atomic mass is 10.2. The van der Waals surface area contributed by atoms with Crippen LogP contribution in [0.1, 0.15) is 16.1 Å². The summed E-state index contributed by atoms with van der Waals surface area (Å²) in [5.74, 6) is -0.253. The molecule has 20 heavy (non-hydrogen) atoms. The number of carbonyl (C=O) groups is 1. The van der Waals surface area contributed by atoms with Crippen LogP contribution in [0.4, 0.5) is 0 Å². The predicted octanol–water partition coefficient (Wildman–Crippen LogP) is 2.35. The molecular formula is C14H16N2O3S. The fourth-order valence-corrected chi connectivity index (χ4v) is 2.23. The number of rotatable bonds is 7. The highest BCUT2D eigenvalue weighted by Crippen LogP contribution is 2.12. The van der Waals surface area contributed by atoms with Crippen LogP contribution in [0.25, 0.3) is 0 Å². The Kier molecular flexibility index (Phi) is 5.09. The van der Waals surface area contributed by atoms with Crippen molar-refractivity contribution in [3.05, 3.63) is 46.4 Å².